The molecule has 0 unspecified atom stereocenters. The number of benzene rings is 1. The molecule has 2 aromatic rings. The molecular weight excluding hydrogens is 224 g/mol. The molecule has 0 aliphatic heterocycles. The summed E-state index contributed by atoms with van der Waals surface area (Å²) >= 11 is 5.84. The Labute approximate surface area is 98.5 Å². The first-order valence-electron chi connectivity index (χ1n) is 4.92. The molecule has 2 rings (SSSR count). The van der Waals surface area contributed by atoms with Crippen LogP contribution in [0.4, 0.5) is 5.69 Å². The minimum absolute atomic E-state index is 0.585. The van der Waals surface area contributed by atoms with Gasteiger partial charge in [0.05, 0.1) is 16.9 Å². The number of nitrogens with two attached hydrogens (primary N) is 1. The number of anilines is 1. The minimum Gasteiger partial charge on any atom is -0.398 e. The SMILES string of the molecule is Nc1cc(CCc2nccnn2)ccc1Cl. The first-order chi connectivity index (χ1) is 7.75. The van der Waals surface area contributed by atoms with Gasteiger partial charge < -0.3 is 5.73 Å². The smallest absolute Gasteiger partial charge is 0.151 e. The Hall–Kier alpha value is -1.68. The van der Waals surface area contributed by atoms with Crippen molar-refractivity contribution < 1.29 is 0 Å². The molecule has 0 saturated heterocycles. The predicted octanol–water partition coefficient (Wildman–Crippen LogP) is 1.89. The average molecular weight is 235 g/mol. The van der Waals surface area contributed by atoms with Gasteiger partial charge in [0.25, 0.3) is 0 Å². The van der Waals surface area contributed by atoms with Crippen LogP contribution in [-0.2, 0) is 12.8 Å². The van der Waals surface area contributed by atoms with Crippen LogP contribution in [0.15, 0.2) is 30.6 Å². The first-order valence-corrected chi connectivity index (χ1v) is 5.30. The second kappa shape index (κ2) is 4.90. The zero-order valence-electron chi connectivity index (χ0n) is 8.60. The van der Waals surface area contributed by atoms with Gasteiger partial charge in [-0.1, -0.05) is 17.7 Å². The highest BCUT2D eigenvalue weighted by Crippen LogP contribution is 2.20. The molecular formula is C11H11ClN4. The molecule has 1 aromatic carbocycles. The Kier molecular flexibility index (Phi) is 3.31. The fourth-order valence-electron chi connectivity index (χ4n) is 1.39. The number of halogens is 1. The largest absolute Gasteiger partial charge is 0.398 e. The molecule has 0 amide bonds. The van der Waals surface area contributed by atoms with E-state index in [1.165, 1.54) is 0 Å². The van der Waals surface area contributed by atoms with Crippen LogP contribution in [0.5, 0.6) is 0 Å². The quantitative estimate of drug-likeness (QED) is 0.824. The second-order valence-corrected chi connectivity index (χ2v) is 3.82. The van der Waals surface area contributed by atoms with Crippen molar-refractivity contribution >= 4 is 17.3 Å². The number of hydrogen-bond donors (Lipinski definition) is 1. The molecule has 5 heteroatoms. The van der Waals surface area contributed by atoms with Crippen molar-refractivity contribution in [2.45, 2.75) is 12.8 Å². The Morgan fingerprint density at radius 3 is 2.75 bits per heavy atom. The van der Waals surface area contributed by atoms with Gasteiger partial charge in [0.1, 0.15) is 0 Å². The van der Waals surface area contributed by atoms with E-state index >= 15 is 0 Å². The highest BCUT2D eigenvalue weighted by molar-refractivity contribution is 6.33. The summed E-state index contributed by atoms with van der Waals surface area (Å²) in [6.45, 7) is 0. The second-order valence-electron chi connectivity index (χ2n) is 3.41. The lowest BCUT2D eigenvalue weighted by Gasteiger charge is -2.03. The molecule has 1 heterocycles. The maximum absolute atomic E-state index is 5.84. The summed E-state index contributed by atoms with van der Waals surface area (Å²) < 4.78 is 0. The predicted molar refractivity (Wildman–Crippen MR) is 63.1 cm³/mol. The number of aromatic nitrogens is 3. The minimum atomic E-state index is 0.585. The van der Waals surface area contributed by atoms with Crippen molar-refractivity contribution in [1.29, 1.82) is 0 Å². The zero-order valence-corrected chi connectivity index (χ0v) is 9.35. The topological polar surface area (TPSA) is 64.7 Å². The third-order valence-corrected chi connectivity index (χ3v) is 2.57. The van der Waals surface area contributed by atoms with Gasteiger partial charge in [0.2, 0.25) is 0 Å². The van der Waals surface area contributed by atoms with E-state index < -0.39 is 0 Å². The van der Waals surface area contributed by atoms with Crippen LogP contribution >= 0.6 is 11.6 Å². The van der Waals surface area contributed by atoms with E-state index in [2.05, 4.69) is 15.2 Å². The Morgan fingerprint density at radius 1 is 1.19 bits per heavy atom. The van der Waals surface area contributed by atoms with Gasteiger partial charge in [0.15, 0.2) is 5.82 Å². The number of aryl methyl sites for hydroxylation is 2. The molecule has 0 radical (unpaired) electrons. The average Bonchev–Trinajstić information content (AvgIpc) is 2.32. The number of nitrogen functional groups attached to an aromatic ring is 1. The van der Waals surface area contributed by atoms with E-state index in [9.17, 15) is 0 Å². The summed E-state index contributed by atoms with van der Waals surface area (Å²) in [6.07, 6.45) is 4.77. The van der Waals surface area contributed by atoms with Gasteiger partial charge in [-0.05, 0) is 24.1 Å². The van der Waals surface area contributed by atoms with E-state index in [0.717, 1.165) is 24.2 Å². The van der Waals surface area contributed by atoms with Crippen molar-refractivity contribution in [3.05, 3.63) is 47.0 Å². The van der Waals surface area contributed by atoms with E-state index in [1.54, 1.807) is 18.5 Å². The highest BCUT2D eigenvalue weighted by atomic mass is 35.5. The van der Waals surface area contributed by atoms with Crippen molar-refractivity contribution in [3.8, 4) is 0 Å². The molecule has 0 fully saturated rings. The molecule has 4 nitrogen and oxygen atoms in total. The van der Waals surface area contributed by atoms with Gasteiger partial charge >= 0.3 is 0 Å². The third-order valence-electron chi connectivity index (χ3n) is 2.23. The number of rotatable bonds is 3. The van der Waals surface area contributed by atoms with E-state index in [4.69, 9.17) is 17.3 Å². The lowest BCUT2D eigenvalue weighted by Crippen LogP contribution is -1.99. The van der Waals surface area contributed by atoms with Gasteiger partial charge in [-0.25, -0.2) is 4.98 Å². The number of nitrogens with zero attached hydrogens (tertiary/aromatic N) is 3. The van der Waals surface area contributed by atoms with Gasteiger partial charge in [-0.15, -0.1) is 5.10 Å². The summed E-state index contributed by atoms with van der Waals surface area (Å²) in [5.74, 6) is 0.732. The molecule has 16 heavy (non-hydrogen) atoms. The monoisotopic (exact) mass is 234 g/mol. The van der Waals surface area contributed by atoms with E-state index in [0.29, 0.717) is 10.7 Å². The molecule has 0 aliphatic carbocycles. The molecule has 2 N–H and O–H groups in total. The maximum atomic E-state index is 5.84. The summed E-state index contributed by atoms with van der Waals surface area (Å²) in [5.41, 5.74) is 7.44. The third kappa shape index (κ3) is 2.67. The van der Waals surface area contributed by atoms with Gasteiger partial charge in [-0.2, -0.15) is 5.10 Å². The summed E-state index contributed by atoms with van der Waals surface area (Å²) in [5, 5.41) is 8.27. The van der Waals surface area contributed by atoms with E-state index in [1.807, 2.05) is 12.1 Å². The van der Waals surface area contributed by atoms with Crippen LogP contribution in [0.2, 0.25) is 5.02 Å². The molecule has 0 bridgehead atoms. The number of hydrogen-bond acceptors (Lipinski definition) is 4. The van der Waals surface area contributed by atoms with Crippen LogP contribution in [-0.4, -0.2) is 15.2 Å². The lowest BCUT2D eigenvalue weighted by molar-refractivity contribution is 0.802. The molecule has 82 valence electrons. The Bertz CT molecular complexity index is 473. The molecule has 0 spiro atoms. The van der Waals surface area contributed by atoms with Crippen molar-refractivity contribution in [1.82, 2.24) is 15.2 Å². The fraction of sp³-hybridized carbons (Fsp3) is 0.182. The summed E-state index contributed by atoms with van der Waals surface area (Å²) in [4.78, 5) is 4.10. The normalized spacial score (nSPS) is 10.3. The van der Waals surface area contributed by atoms with Gasteiger partial charge in [-0.3, -0.25) is 0 Å². The molecule has 0 saturated carbocycles. The summed E-state index contributed by atoms with van der Waals surface area (Å²) in [6, 6.07) is 5.63. The molecule has 0 atom stereocenters. The standard InChI is InChI=1S/C11H11ClN4/c12-9-3-1-8(7-10(9)13)2-4-11-14-5-6-15-16-11/h1,3,5-7H,2,4,13H2. The van der Waals surface area contributed by atoms with Crippen molar-refractivity contribution in [2.75, 3.05) is 5.73 Å². The summed E-state index contributed by atoms with van der Waals surface area (Å²) in [7, 11) is 0. The van der Waals surface area contributed by atoms with Crippen molar-refractivity contribution in [2.24, 2.45) is 0 Å². The van der Waals surface area contributed by atoms with Crippen LogP contribution in [0, 0.1) is 0 Å². The molecule has 0 aliphatic rings. The molecule has 1 aromatic heterocycles. The Morgan fingerprint density at radius 2 is 2.06 bits per heavy atom. The van der Waals surface area contributed by atoms with Crippen LogP contribution < -0.4 is 5.73 Å². The van der Waals surface area contributed by atoms with Gasteiger partial charge in [0, 0.05) is 12.6 Å². The van der Waals surface area contributed by atoms with Crippen molar-refractivity contribution in [3.63, 3.8) is 0 Å². The first kappa shape index (κ1) is 10.8. The van der Waals surface area contributed by atoms with Crippen LogP contribution in [0.25, 0.3) is 0 Å². The fourth-order valence-corrected chi connectivity index (χ4v) is 1.51. The lowest BCUT2D eigenvalue weighted by atomic mass is 10.1. The highest BCUT2D eigenvalue weighted by Gasteiger charge is 2.01. The maximum Gasteiger partial charge on any atom is 0.151 e. The Balaban J connectivity index is 2.03. The van der Waals surface area contributed by atoms with E-state index in [-0.39, 0.29) is 0 Å². The zero-order chi connectivity index (χ0) is 11.4. The van der Waals surface area contributed by atoms with Crippen LogP contribution in [0.3, 0.4) is 0 Å². The van der Waals surface area contributed by atoms with Crippen LogP contribution in [0.1, 0.15) is 11.4 Å².